The van der Waals surface area contributed by atoms with Crippen LogP contribution in [0.3, 0.4) is 0 Å². The van der Waals surface area contributed by atoms with Gasteiger partial charge >= 0.3 is 0 Å². The second-order valence-electron chi connectivity index (χ2n) is 7.66. The van der Waals surface area contributed by atoms with E-state index in [1.165, 1.54) is 0 Å². The molecular formula is C21H32N6O3. The van der Waals surface area contributed by atoms with Crippen molar-refractivity contribution >= 4 is 23.9 Å². The number of aryl methyl sites for hydroxylation is 1. The van der Waals surface area contributed by atoms with Crippen LogP contribution in [0.2, 0.25) is 0 Å². The molecule has 1 unspecified atom stereocenters. The van der Waals surface area contributed by atoms with Crippen LogP contribution in [-0.2, 0) is 20.8 Å². The summed E-state index contributed by atoms with van der Waals surface area (Å²) in [4.78, 5) is 43.6. The van der Waals surface area contributed by atoms with Gasteiger partial charge in [0.25, 0.3) is 0 Å². The van der Waals surface area contributed by atoms with Crippen LogP contribution in [0, 0.1) is 0 Å². The number of nitrogens with zero attached hydrogens (tertiary/aromatic N) is 2. The number of benzene rings is 1. The second kappa shape index (κ2) is 10.8. The molecule has 0 bridgehead atoms. The standard InChI is InChI=1S/C21H32N6O3/c1-27-13-11-17(22)21(27,18(29)10-9-15-6-3-2-4-7-15)19(30)26-16(14-28)8-5-12-25-20(23)24/h2-4,6-7,14,16-17H,5,8-13,22H2,1H3,(H,26,30)(H4,23,24,25)/t16-,17?,21+/m0/s1. The molecule has 1 aromatic carbocycles. The highest BCUT2D eigenvalue weighted by molar-refractivity contribution is 6.12. The molecule has 30 heavy (non-hydrogen) atoms. The number of hydrogen-bond donors (Lipinski definition) is 4. The van der Waals surface area contributed by atoms with Crippen LogP contribution in [0.5, 0.6) is 0 Å². The number of aldehydes is 1. The SMILES string of the molecule is CN1CCC(N)[C@@]1(C(=O)CCc1ccccc1)C(=O)N[C@H](C=O)CCCN=C(N)N. The molecule has 7 N–H and O–H groups in total. The maximum absolute atomic E-state index is 13.3. The number of likely N-dealkylation sites (N-methyl/N-ethyl adjacent to an activating group) is 1. The monoisotopic (exact) mass is 416 g/mol. The maximum atomic E-state index is 13.3. The topological polar surface area (TPSA) is 157 Å². The second-order valence-corrected chi connectivity index (χ2v) is 7.66. The average molecular weight is 417 g/mol. The van der Waals surface area contributed by atoms with Gasteiger partial charge in [0.1, 0.15) is 6.29 Å². The lowest BCUT2D eigenvalue weighted by atomic mass is 9.83. The van der Waals surface area contributed by atoms with Gasteiger partial charge < -0.3 is 27.3 Å². The summed E-state index contributed by atoms with van der Waals surface area (Å²) in [7, 11) is 1.72. The normalized spacial score (nSPS) is 22.3. The van der Waals surface area contributed by atoms with Crippen molar-refractivity contribution in [2.45, 2.75) is 49.7 Å². The smallest absolute Gasteiger partial charge is 0.250 e. The van der Waals surface area contributed by atoms with Crippen LogP contribution >= 0.6 is 0 Å². The Labute approximate surface area is 177 Å². The Morgan fingerprint density at radius 2 is 2.03 bits per heavy atom. The maximum Gasteiger partial charge on any atom is 0.250 e. The Balaban J connectivity index is 2.11. The molecule has 1 saturated heterocycles. The number of nitrogens with two attached hydrogens (primary N) is 3. The van der Waals surface area contributed by atoms with E-state index in [1.807, 2.05) is 30.3 Å². The summed E-state index contributed by atoms with van der Waals surface area (Å²) in [5.74, 6) is -0.781. The lowest BCUT2D eigenvalue weighted by Crippen LogP contribution is -2.68. The summed E-state index contributed by atoms with van der Waals surface area (Å²) in [6, 6.07) is 8.23. The third-order valence-corrected chi connectivity index (χ3v) is 5.62. The molecule has 1 aliphatic heterocycles. The highest BCUT2D eigenvalue weighted by Crippen LogP contribution is 2.30. The van der Waals surface area contributed by atoms with Crippen LogP contribution < -0.4 is 22.5 Å². The van der Waals surface area contributed by atoms with E-state index in [-0.39, 0.29) is 18.2 Å². The quantitative estimate of drug-likeness (QED) is 0.122. The molecule has 0 aliphatic carbocycles. The zero-order valence-corrected chi connectivity index (χ0v) is 17.4. The van der Waals surface area contributed by atoms with Gasteiger partial charge in [-0.1, -0.05) is 30.3 Å². The fourth-order valence-electron chi connectivity index (χ4n) is 3.95. The third-order valence-electron chi connectivity index (χ3n) is 5.62. The van der Waals surface area contributed by atoms with Crippen LogP contribution in [0.1, 0.15) is 31.2 Å². The molecule has 0 aromatic heterocycles. The molecule has 3 atom stereocenters. The number of aliphatic imine (C=N–C) groups is 1. The van der Waals surface area contributed by atoms with Crippen molar-refractivity contribution < 1.29 is 14.4 Å². The third kappa shape index (κ3) is 5.43. The van der Waals surface area contributed by atoms with Crippen molar-refractivity contribution in [2.75, 3.05) is 20.1 Å². The first-order valence-corrected chi connectivity index (χ1v) is 10.2. The largest absolute Gasteiger partial charge is 0.370 e. The molecule has 9 heteroatoms. The van der Waals surface area contributed by atoms with Crippen LogP contribution in [-0.4, -0.2) is 66.6 Å². The van der Waals surface area contributed by atoms with Gasteiger partial charge in [-0.15, -0.1) is 0 Å². The molecule has 1 heterocycles. The number of nitrogens with one attached hydrogen (secondary N) is 1. The Morgan fingerprint density at radius 3 is 2.60 bits per heavy atom. The number of guanidine groups is 1. The molecule has 0 radical (unpaired) electrons. The summed E-state index contributed by atoms with van der Waals surface area (Å²) in [5, 5.41) is 2.72. The van der Waals surface area contributed by atoms with Crippen molar-refractivity contribution in [3.05, 3.63) is 35.9 Å². The van der Waals surface area contributed by atoms with E-state index in [0.717, 1.165) is 5.56 Å². The van der Waals surface area contributed by atoms with Gasteiger partial charge in [-0.05, 0) is 38.3 Å². The summed E-state index contributed by atoms with van der Waals surface area (Å²) in [6.07, 6.45) is 2.77. The van der Waals surface area contributed by atoms with E-state index < -0.39 is 23.5 Å². The number of likely N-dealkylation sites (tertiary alicyclic amines) is 1. The molecular weight excluding hydrogens is 384 g/mol. The van der Waals surface area contributed by atoms with E-state index in [9.17, 15) is 14.4 Å². The molecule has 1 fully saturated rings. The van der Waals surface area contributed by atoms with Gasteiger partial charge in [0.05, 0.1) is 6.04 Å². The van der Waals surface area contributed by atoms with Crippen LogP contribution in [0.25, 0.3) is 0 Å². The fraction of sp³-hybridized carbons (Fsp3) is 0.524. The first-order valence-electron chi connectivity index (χ1n) is 10.2. The molecule has 0 saturated carbocycles. The van der Waals surface area contributed by atoms with E-state index in [2.05, 4.69) is 10.3 Å². The summed E-state index contributed by atoms with van der Waals surface area (Å²) < 4.78 is 0. The van der Waals surface area contributed by atoms with Gasteiger partial charge in [0, 0.05) is 25.6 Å². The predicted molar refractivity (Wildman–Crippen MR) is 116 cm³/mol. The number of amides is 1. The van der Waals surface area contributed by atoms with E-state index in [0.29, 0.717) is 45.1 Å². The lowest BCUT2D eigenvalue weighted by molar-refractivity contribution is -0.144. The number of carbonyl (C=O) groups is 3. The van der Waals surface area contributed by atoms with Crippen LogP contribution in [0.4, 0.5) is 0 Å². The highest BCUT2D eigenvalue weighted by Gasteiger charge is 2.56. The minimum absolute atomic E-state index is 0.0248. The summed E-state index contributed by atoms with van der Waals surface area (Å²) >= 11 is 0. The van der Waals surface area contributed by atoms with Crippen molar-refractivity contribution in [3.8, 4) is 0 Å². The molecule has 0 spiro atoms. The van der Waals surface area contributed by atoms with Gasteiger partial charge in [0.2, 0.25) is 5.91 Å². The first-order chi connectivity index (χ1) is 14.3. The molecule has 164 valence electrons. The predicted octanol–water partition coefficient (Wildman–Crippen LogP) is -0.673. The first kappa shape index (κ1) is 23.5. The number of ketones is 1. The summed E-state index contributed by atoms with van der Waals surface area (Å²) in [5.41, 5.74) is 16.4. The van der Waals surface area contributed by atoms with Gasteiger partial charge in [-0.3, -0.25) is 19.5 Å². The highest BCUT2D eigenvalue weighted by atomic mass is 16.2. The lowest BCUT2D eigenvalue weighted by Gasteiger charge is -2.37. The zero-order valence-electron chi connectivity index (χ0n) is 17.4. The Hall–Kier alpha value is -2.78. The Kier molecular flexibility index (Phi) is 8.49. The van der Waals surface area contributed by atoms with Crippen LogP contribution in [0.15, 0.2) is 35.3 Å². The van der Waals surface area contributed by atoms with Crippen molar-refractivity contribution in [1.29, 1.82) is 0 Å². The van der Waals surface area contributed by atoms with E-state index in [4.69, 9.17) is 17.2 Å². The molecule has 1 aromatic rings. The van der Waals surface area contributed by atoms with Gasteiger partial charge in [0.15, 0.2) is 17.3 Å². The number of carbonyl (C=O) groups excluding carboxylic acids is 3. The Bertz CT molecular complexity index is 753. The number of rotatable bonds is 11. The van der Waals surface area contributed by atoms with Crippen molar-refractivity contribution in [1.82, 2.24) is 10.2 Å². The van der Waals surface area contributed by atoms with E-state index >= 15 is 0 Å². The zero-order chi connectivity index (χ0) is 22.1. The van der Waals surface area contributed by atoms with Gasteiger partial charge in [-0.25, -0.2) is 0 Å². The minimum atomic E-state index is -1.48. The number of hydrogen-bond acceptors (Lipinski definition) is 6. The molecule has 1 amide bonds. The number of Topliss-reactive ketones (excluding diaryl/α,β-unsaturated/α-hetero) is 1. The summed E-state index contributed by atoms with van der Waals surface area (Å²) in [6.45, 7) is 0.880. The van der Waals surface area contributed by atoms with E-state index in [1.54, 1.807) is 11.9 Å². The fourth-order valence-corrected chi connectivity index (χ4v) is 3.95. The molecule has 9 nitrogen and oxygen atoms in total. The Morgan fingerprint density at radius 1 is 1.33 bits per heavy atom. The van der Waals surface area contributed by atoms with Gasteiger partial charge in [-0.2, -0.15) is 0 Å². The van der Waals surface area contributed by atoms with Crippen molar-refractivity contribution in [3.63, 3.8) is 0 Å². The minimum Gasteiger partial charge on any atom is -0.370 e. The average Bonchev–Trinajstić information content (AvgIpc) is 3.04. The molecule has 2 rings (SSSR count). The van der Waals surface area contributed by atoms with Crippen molar-refractivity contribution in [2.24, 2.45) is 22.2 Å². The molecule has 1 aliphatic rings.